The van der Waals surface area contributed by atoms with Crippen molar-refractivity contribution in [2.45, 2.75) is 37.5 Å². The fourth-order valence-corrected chi connectivity index (χ4v) is 2.79. The lowest BCUT2D eigenvalue weighted by atomic mass is 9.84. The van der Waals surface area contributed by atoms with Gasteiger partial charge in [-0.15, -0.1) is 11.6 Å². The summed E-state index contributed by atoms with van der Waals surface area (Å²) < 4.78 is 13.4. The predicted octanol–water partition coefficient (Wildman–Crippen LogP) is 4.17. The molecule has 0 bridgehead atoms. The molecule has 0 spiro atoms. The Morgan fingerprint density at radius 3 is 2.80 bits per heavy atom. The summed E-state index contributed by atoms with van der Waals surface area (Å²) in [7, 11) is 0. The molecule has 1 aromatic rings. The van der Waals surface area contributed by atoms with E-state index in [4.69, 9.17) is 11.6 Å². The van der Waals surface area contributed by atoms with E-state index in [0.717, 1.165) is 24.8 Å². The van der Waals surface area contributed by atoms with Gasteiger partial charge in [-0.05, 0) is 36.8 Å². The molecule has 0 heterocycles. The molecule has 2 unspecified atom stereocenters. The largest absolute Gasteiger partial charge is 0.207 e. The third-order valence-corrected chi connectivity index (χ3v) is 3.58. The quantitative estimate of drug-likeness (QED) is 0.664. The van der Waals surface area contributed by atoms with Gasteiger partial charge in [-0.3, -0.25) is 0 Å². The van der Waals surface area contributed by atoms with Crippen molar-refractivity contribution in [3.05, 3.63) is 35.6 Å². The molecule has 82 valence electrons. The molecule has 2 rings (SSSR count). The summed E-state index contributed by atoms with van der Waals surface area (Å²) in [4.78, 5) is 0. The summed E-state index contributed by atoms with van der Waals surface area (Å²) in [6.45, 7) is 0. The van der Waals surface area contributed by atoms with Crippen molar-refractivity contribution in [2.24, 2.45) is 5.92 Å². The van der Waals surface area contributed by atoms with Crippen LogP contribution in [-0.4, -0.2) is 5.38 Å². The second-order valence-corrected chi connectivity index (χ2v) is 5.04. The Balaban J connectivity index is 1.99. The maximum Gasteiger partial charge on any atom is 0.126 e. The van der Waals surface area contributed by atoms with Crippen LogP contribution in [0.2, 0.25) is 0 Å². The Bertz CT molecular complexity index is 324. The second kappa shape index (κ2) is 4.98. The van der Waals surface area contributed by atoms with E-state index in [-0.39, 0.29) is 5.82 Å². The Morgan fingerprint density at radius 2 is 2.07 bits per heavy atom. The van der Waals surface area contributed by atoms with Gasteiger partial charge in [-0.1, -0.05) is 31.0 Å². The van der Waals surface area contributed by atoms with Crippen LogP contribution in [0.1, 0.15) is 31.2 Å². The first-order chi connectivity index (χ1) is 7.25. The second-order valence-electron chi connectivity index (χ2n) is 4.43. The van der Waals surface area contributed by atoms with Gasteiger partial charge in [0.1, 0.15) is 5.82 Å². The first-order valence-electron chi connectivity index (χ1n) is 5.63. The normalized spacial score (nSPS) is 26.5. The lowest BCUT2D eigenvalue weighted by Crippen LogP contribution is -2.17. The van der Waals surface area contributed by atoms with Crippen molar-refractivity contribution in [3.63, 3.8) is 0 Å². The number of alkyl halides is 1. The van der Waals surface area contributed by atoms with Crippen molar-refractivity contribution in [3.8, 4) is 0 Å². The van der Waals surface area contributed by atoms with E-state index in [1.54, 1.807) is 6.07 Å². The minimum absolute atomic E-state index is 0.0748. The van der Waals surface area contributed by atoms with Crippen LogP contribution in [0, 0.1) is 11.7 Å². The van der Waals surface area contributed by atoms with Crippen molar-refractivity contribution in [1.82, 2.24) is 0 Å². The highest BCUT2D eigenvalue weighted by atomic mass is 35.5. The standard InChI is InChI=1S/C13H16ClF/c14-12-6-3-4-10(9-12)8-11-5-1-2-7-13(11)15/h1-2,5,7,10,12H,3-4,6,8-9H2. The Morgan fingerprint density at radius 1 is 1.27 bits per heavy atom. The maximum absolute atomic E-state index is 13.4. The van der Waals surface area contributed by atoms with Crippen LogP contribution in [0.15, 0.2) is 24.3 Å². The summed E-state index contributed by atoms with van der Waals surface area (Å²) in [5.41, 5.74) is 0.841. The van der Waals surface area contributed by atoms with Crippen molar-refractivity contribution >= 4 is 11.6 Å². The minimum atomic E-state index is -0.0748. The van der Waals surface area contributed by atoms with Crippen LogP contribution >= 0.6 is 11.6 Å². The molecule has 15 heavy (non-hydrogen) atoms. The van der Waals surface area contributed by atoms with E-state index < -0.39 is 0 Å². The van der Waals surface area contributed by atoms with Gasteiger partial charge in [0.05, 0.1) is 0 Å². The van der Waals surface area contributed by atoms with Gasteiger partial charge < -0.3 is 0 Å². The lowest BCUT2D eigenvalue weighted by molar-refractivity contribution is 0.357. The van der Waals surface area contributed by atoms with Gasteiger partial charge in [-0.2, -0.15) is 0 Å². The van der Waals surface area contributed by atoms with Crippen LogP contribution in [0.5, 0.6) is 0 Å². The van der Waals surface area contributed by atoms with Crippen LogP contribution in [0.4, 0.5) is 4.39 Å². The molecular weight excluding hydrogens is 211 g/mol. The van der Waals surface area contributed by atoms with E-state index in [1.807, 2.05) is 12.1 Å². The highest BCUT2D eigenvalue weighted by Crippen LogP contribution is 2.30. The zero-order chi connectivity index (χ0) is 10.7. The van der Waals surface area contributed by atoms with E-state index in [1.165, 1.54) is 18.9 Å². The fraction of sp³-hybridized carbons (Fsp3) is 0.538. The SMILES string of the molecule is Fc1ccccc1CC1CCCC(Cl)C1. The van der Waals surface area contributed by atoms with Crippen molar-refractivity contribution < 1.29 is 4.39 Å². The smallest absolute Gasteiger partial charge is 0.126 e. The molecule has 0 amide bonds. The van der Waals surface area contributed by atoms with E-state index in [0.29, 0.717) is 11.3 Å². The number of halogens is 2. The molecule has 0 nitrogen and oxygen atoms in total. The molecule has 0 saturated heterocycles. The number of benzene rings is 1. The highest BCUT2D eigenvalue weighted by Gasteiger charge is 2.21. The topological polar surface area (TPSA) is 0 Å². The molecule has 0 aromatic heterocycles. The van der Waals surface area contributed by atoms with E-state index in [9.17, 15) is 4.39 Å². The first-order valence-corrected chi connectivity index (χ1v) is 6.07. The Labute approximate surface area is 95.4 Å². The van der Waals surface area contributed by atoms with Gasteiger partial charge in [0.2, 0.25) is 0 Å². The van der Waals surface area contributed by atoms with Gasteiger partial charge in [0.25, 0.3) is 0 Å². The summed E-state index contributed by atoms with van der Waals surface area (Å²) >= 11 is 6.12. The van der Waals surface area contributed by atoms with Crippen LogP contribution in [0.3, 0.4) is 0 Å². The van der Waals surface area contributed by atoms with Gasteiger partial charge >= 0.3 is 0 Å². The van der Waals surface area contributed by atoms with Gasteiger partial charge in [0, 0.05) is 5.38 Å². The molecule has 0 N–H and O–H groups in total. The molecule has 0 radical (unpaired) electrons. The maximum atomic E-state index is 13.4. The zero-order valence-corrected chi connectivity index (χ0v) is 9.51. The zero-order valence-electron chi connectivity index (χ0n) is 8.76. The molecule has 1 fully saturated rings. The third kappa shape index (κ3) is 2.94. The molecule has 1 aliphatic carbocycles. The van der Waals surface area contributed by atoms with Crippen LogP contribution in [0.25, 0.3) is 0 Å². The molecule has 1 aliphatic rings. The van der Waals surface area contributed by atoms with Gasteiger partial charge in [-0.25, -0.2) is 4.39 Å². The van der Waals surface area contributed by atoms with Crippen LogP contribution in [-0.2, 0) is 6.42 Å². The Hall–Kier alpha value is -0.560. The van der Waals surface area contributed by atoms with E-state index >= 15 is 0 Å². The number of hydrogen-bond donors (Lipinski definition) is 0. The van der Waals surface area contributed by atoms with Crippen LogP contribution < -0.4 is 0 Å². The first kappa shape index (κ1) is 10.9. The monoisotopic (exact) mass is 226 g/mol. The highest BCUT2D eigenvalue weighted by molar-refractivity contribution is 6.20. The minimum Gasteiger partial charge on any atom is -0.207 e. The summed E-state index contributed by atoms with van der Waals surface area (Å²) in [6, 6.07) is 7.06. The molecule has 2 heteroatoms. The summed E-state index contributed by atoms with van der Waals surface area (Å²) in [6.07, 6.45) is 5.38. The lowest BCUT2D eigenvalue weighted by Gasteiger charge is -2.25. The fourth-order valence-electron chi connectivity index (χ4n) is 2.39. The molecular formula is C13H16ClF. The van der Waals surface area contributed by atoms with E-state index in [2.05, 4.69) is 0 Å². The molecule has 0 aliphatic heterocycles. The average molecular weight is 227 g/mol. The van der Waals surface area contributed by atoms with Gasteiger partial charge in [0.15, 0.2) is 0 Å². The molecule has 2 atom stereocenters. The Kier molecular flexibility index (Phi) is 3.63. The number of rotatable bonds is 2. The summed E-state index contributed by atoms with van der Waals surface area (Å²) in [5.74, 6) is 0.493. The predicted molar refractivity (Wildman–Crippen MR) is 61.7 cm³/mol. The summed E-state index contributed by atoms with van der Waals surface area (Å²) in [5, 5.41) is 0.301. The number of hydrogen-bond acceptors (Lipinski definition) is 0. The van der Waals surface area contributed by atoms with Crippen molar-refractivity contribution in [1.29, 1.82) is 0 Å². The molecule has 1 saturated carbocycles. The average Bonchev–Trinajstić information content (AvgIpc) is 2.22. The molecule has 1 aromatic carbocycles. The third-order valence-electron chi connectivity index (χ3n) is 3.19. The van der Waals surface area contributed by atoms with Crippen molar-refractivity contribution in [2.75, 3.05) is 0 Å².